The quantitative estimate of drug-likeness (QED) is 0.917. The van der Waals surface area contributed by atoms with Crippen LogP contribution < -0.4 is 14.8 Å². The van der Waals surface area contributed by atoms with E-state index in [1.54, 1.807) is 13.4 Å². The molecule has 5 heteroatoms. The van der Waals surface area contributed by atoms with Gasteiger partial charge < -0.3 is 19.2 Å². The number of hydrogen-bond acceptors (Lipinski definition) is 4. The molecular formula is C19H21NO4. The van der Waals surface area contributed by atoms with Crippen LogP contribution in [0.2, 0.25) is 0 Å². The Hall–Kier alpha value is -2.43. The van der Waals surface area contributed by atoms with Crippen LogP contribution in [-0.4, -0.2) is 19.1 Å². The molecule has 1 fully saturated rings. The average Bonchev–Trinajstić information content (AvgIpc) is 3.02. The number of fused-ring (bicyclic) bond motifs is 1. The largest absolute Gasteiger partial charge is 0.496 e. The zero-order valence-electron chi connectivity index (χ0n) is 13.9. The molecule has 2 heterocycles. The van der Waals surface area contributed by atoms with Gasteiger partial charge in [0.25, 0.3) is 0 Å². The number of ether oxygens (including phenoxy) is 2. The van der Waals surface area contributed by atoms with Crippen molar-refractivity contribution in [3.63, 3.8) is 0 Å². The number of carbonyl (C=O) groups is 1. The number of furan rings is 1. The molecule has 2 aliphatic rings. The molecule has 1 aromatic carbocycles. The second kappa shape index (κ2) is 5.89. The van der Waals surface area contributed by atoms with E-state index in [2.05, 4.69) is 12.2 Å². The molecule has 5 nitrogen and oxygen atoms in total. The Balaban J connectivity index is 1.41. The van der Waals surface area contributed by atoms with Crippen LogP contribution in [0.3, 0.4) is 0 Å². The lowest BCUT2D eigenvalue weighted by Gasteiger charge is -2.12. The van der Waals surface area contributed by atoms with Crippen LogP contribution in [-0.2, 0) is 17.8 Å². The molecule has 0 radical (unpaired) electrons. The predicted octanol–water partition coefficient (Wildman–Crippen LogP) is 3.03. The Bertz CT molecular complexity index is 753. The summed E-state index contributed by atoms with van der Waals surface area (Å²) in [4.78, 5) is 12.3. The van der Waals surface area contributed by atoms with Crippen molar-refractivity contribution >= 4 is 5.91 Å². The normalized spacial score (nSPS) is 24.2. The van der Waals surface area contributed by atoms with Gasteiger partial charge in [-0.15, -0.1) is 0 Å². The van der Waals surface area contributed by atoms with E-state index in [-0.39, 0.29) is 23.8 Å². The fraction of sp³-hybridized carbons (Fsp3) is 0.421. The number of carbonyl (C=O) groups excluding carboxylic acids is 1. The minimum atomic E-state index is 0.00726. The molecule has 1 aliphatic heterocycles. The van der Waals surface area contributed by atoms with Gasteiger partial charge in [0, 0.05) is 35.9 Å². The van der Waals surface area contributed by atoms with E-state index >= 15 is 0 Å². The van der Waals surface area contributed by atoms with Gasteiger partial charge in [0.2, 0.25) is 5.91 Å². The molecule has 1 amide bonds. The molecule has 1 aliphatic carbocycles. The van der Waals surface area contributed by atoms with Crippen LogP contribution >= 0.6 is 0 Å². The van der Waals surface area contributed by atoms with Crippen molar-refractivity contribution in [2.75, 3.05) is 7.11 Å². The highest BCUT2D eigenvalue weighted by Crippen LogP contribution is 2.47. The lowest BCUT2D eigenvalue weighted by atomic mass is 10.1. The Morgan fingerprint density at radius 2 is 2.29 bits per heavy atom. The first kappa shape index (κ1) is 15.1. The van der Waals surface area contributed by atoms with E-state index in [1.807, 2.05) is 24.3 Å². The Morgan fingerprint density at radius 3 is 3.04 bits per heavy atom. The van der Waals surface area contributed by atoms with Gasteiger partial charge in [-0.3, -0.25) is 4.79 Å². The molecule has 0 unspecified atom stereocenters. The van der Waals surface area contributed by atoms with Gasteiger partial charge in [0.05, 0.1) is 13.4 Å². The molecule has 24 heavy (non-hydrogen) atoms. The second-order valence-electron chi connectivity index (χ2n) is 6.59. The minimum Gasteiger partial charge on any atom is -0.496 e. The number of rotatable bonds is 5. The highest BCUT2D eigenvalue weighted by atomic mass is 16.5. The highest BCUT2D eigenvalue weighted by molar-refractivity contribution is 5.82. The van der Waals surface area contributed by atoms with Gasteiger partial charge in [-0.05, 0) is 37.6 Å². The molecule has 3 atom stereocenters. The van der Waals surface area contributed by atoms with Crippen molar-refractivity contribution in [1.29, 1.82) is 0 Å². The van der Waals surface area contributed by atoms with Crippen LogP contribution in [0.4, 0.5) is 0 Å². The summed E-state index contributed by atoms with van der Waals surface area (Å²) in [5, 5.41) is 3.01. The van der Waals surface area contributed by atoms with Crippen LogP contribution in [0, 0.1) is 5.92 Å². The third kappa shape index (κ3) is 2.75. The maximum atomic E-state index is 12.3. The van der Waals surface area contributed by atoms with Gasteiger partial charge >= 0.3 is 0 Å². The first-order valence-corrected chi connectivity index (χ1v) is 8.33. The van der Waals surface area contributed by atoms with Crippen LogP contribution in [0.1, 0.15) is 36.1 Å². The summed E-state index contributed by atoms with van der Waals surface area (Å²) in [5.41, 5.74) is 2.10. The number of nitrogens with one attached hydrogen (secondary N) is 1. The van der Waals surface area contributed by atoms with E-state index in [1.165, 1.54) is 0 Å². The lowest BCUT2D eigenvalue weighted by molar-refractivity contribution is -0.122. The molecule has 1 N–H and O–H groups in total. The number of hydrogen-bond donors (Lipinski definition) is 1. The second-order valence-corrected chi connectivity index (χ2v) is 6.59. The van der Waals surface area contributed by atoms with E-state index < -0.39 is 0 Å². The predicted molar refractivity (Wildman–Crippen MR) is 88.2 cm³/mol. The molecule has 0 spiro atoms. The molecule has 126 valence electrons. The van der Waals surface area contributed by atoms with Crippen LogP contribution in [0.5, 0.6) is 11.5 Å². The first-order valence-electron chi connectivity index (χ1n) is 8.33. The summed E-state index contributed by atoms with van der Waals surface area (Å²) in [6.07, 6.45) is 3.58. The third-order valence-electron chi connectivity index (χ3n) is 4.79. The van der Waals surface area contributed by atoms with Crippen molar-refractivity contribution in [3.05, 3.63) is 47.4 Å². The Kier molecular flexibility index (Phi) is 3.71. The number of benzene rings is 1. The highest BCUT2D eigenvalue weighted by Gasteiger charge is 2.45. The zero-order valence-corrected chi connectivity index (χ0v) is 13.9. The molecule has 1 saturated carbocycles. The van der Waals surface area contributed by atoms with Gasteiger partial charge in [-0.1, -0.05) is 0 Å². The molecule has 4 rings (SSSR count). The topological polar surface area (TPSA) is 60.7 Å². The number of methoxy groups -OCH3 is 1. The monoisotopic (exact) mass is 327 g/mol. The van der Waals surface area contributed by atoms with Crippen LogP contribution in [0.25, 0.3) is 0 Å². The van der Waals surface area contributed by atoms with Crippen molar-refractivity contribution in [2.45, 2.75) is 38.3 Å². The van der Waals surface area contributed by atoms with Crippen molar-refractivity contribution in [1.82, 2.24) is 5.32 Å². The van der Waals surface area contributed by atoms with E-state index in [9.17, 15) is 4.79 Å². The smallest absolute Gasteiger partial charge is 0.224 e. The first-order chi connectivity index (χ1) is 11.7. The fourth-order valence-corrected chi connectivity index (χ4v) is 3.42. The maximum absolute atomic E-state index is 12.3. The number of amides is 1. The summed E-state index contributed by atoms with van der Waals surface area (Å²) in [6, 6.07) is 7.79. The standard InChI is InChI=1S/C19H21NO4/c1-11-6-12-7-17(22-2)13(8-18(12)24-11)10-20-19(21)15-9-14(15)16-4-3-5-23-16/h3-5,7-8,11,14-15H,6,9-10H2,1-2H3,(H,20,21)/t11-,14+,15+/m0/s1. The minimum absolute atomic E-state index is 0.00726. The summed E-state index contributed by atoms with van der Waals surface area (Å²) < 4.78 is 16.7. The van der Waals surface area contributed by atoms with E-state index in [0.717, 1.165) is 41.2 Å². The van der Waals surface area contributed by atoms with E-state index in [4.69, 9.17) is 13.9 Å². The lowest BCUT2D eigenvalue weighted by Crippen LogP contribution is -2.25. The SMILES string of the molecule is COc1cc2c(cc1CNC(=O)[C@@H]1C[C@H]1c1ccco1)O[C@@H](C)C2. The van der Waals surface area contributed by atoms with Gasteiger partial charge in [0.1, 0.15) is 23.4 Å². The maximum Gasteiger partial charge on any atom is 0.224 e. The van der Waals surface area contributed by atoms with Crippen LogP contribution in [0.15, 0.2) is 34.9 Å². The summed E-state index contributed by atoms with van der Waals surface area (Å²) >= 11 is 0. The zero-order chi connectivity index (χ0) is 16.7. The summed E-state index contributed by atoms with van der Waals surface area (Å²) in [6.45, 7) is 2.49. The van der Waals surface area contributed by atoms with Crippen molar-refractivity contribution in [2.24, 2.45) is 5.92 Å². The Morgan fingerprint density at radius 1 is 1.42 bits per heavy atom. The molecule has 0 saturated heterocycles. The summed E-state index contributed by atoms with van der Waals surface area (Å²) in [5.74, 6) is 2.87. The Labute approximate surface area is 140 Å². The van der Waals surface area contributed by atoms with Crippen molar-refractivity contribution in [3.8, 4) is 11.5 Å². The molecule has 2 aromatic rings. The van der Waals surface area contributed by atoms with Gasteiger partial charge in [-0.2, -0.15) is 0 Å². The molecule has 1 aromatic heterocycles. The average molecular weight is 327 g/mol. The van der Waals surface area contributed by atoms with Crippen molar-refractivity contribution < 1.29 is 18.7 Å². The molecular weight excluding hydrogens is 306 g/mol. The van der Waals surface area contributed by atoms with E-state index in [0.29, 0.717) is 6.54 Å². The third-order valence-corrected chi connectivity index (χ3v) is 4.79. The van der Waals surface area contributed by atoms with Gasteiger partial charge in [0.15, 0.2) is 0 Å². The van der Waals surface area contributed by atoms with Gasteiger partial charge in [-0.25, -0.2) is 0 Å². The summed E-state index contributed by atoms with van der Waals surface area (Å²) in [7, 11) is 1.65. The fourth-order valence-electron chi connectivity index (χ4n) is 3.42. The molecule has 0 bridgehead atoms.